The van der Waals surface area contributed by atoms with Crippen LogP contribution in [0.3, 0.4) is 0 Å². The number of carbonyl (C=O) groups is 1. The fourth-order valence-corrected chi connectivity index (χ4v) is 2.71. The van der Waals surface area contributed by atoms with Crippen LogP contribution >= 0.6 is 11.8 Å². The third-order valence-corrected chi connectivity index (χ3v) is 4.17. The van der Waals surface area contributed by atoms with E-state index in [1.54, 1.807) is 38.1 Å². The first-order chi connectivity index (χ1) is 10.6. The maximum absolute atomic E-state index is 12.5. The maximum atomic E-state index is 12.5. The van der Waals surface area contributed by atoms with Crippen LogP contribution in [0.1, 0.15) is 15.9 Å². The van der Waals surface area contributed by atoms with Crippen molar-refractivity contribution in [3.05, 3.63) is 47.5 Å². The Kier molecular flexibility index (Phi) is 5.33. The van der Waals surface area contributed by atoms with Gasteiger partial charge in [0.15, 0.2) is 0 Å². The molecule has 1 amide bonds. The van der Waals surface area contributed by atoms with Crippen LogP contribution in [0.25, 0.3) is 0 Å². The summed E-state index contributed by atoms with van der Waals surface area (Å²) in [5, 5.41) is 2.93. The van der Waals surface area contributed by atoms with Gasteiger partial charge in [0.25, 0.3) is 5.91 Å². The number of hydrogen-bond acceptors (Lipinski definition) is 4. The van der Waals surface area contributed by atoms with Crippen molar-refractivity contribution in [3.63, 3.8) is 0 Å². The van der Waals surface area contributed by atoms with Gasteiger partial charge in [-0.15, -0.1) is 11.8 Å². The molecular formula is C17H19NO3S. The lowest BCUT2D eigenvalue weighted by atomic mass is 10.1. The Labute approximate surface area is 134 Å². The summed E-state index contributed by atoms with van der Waals surface area (Å²) in [7, 11) is 3.15. The molecule has 0 aromatic heterocycles. The number of anilines is 1. The molecule has 22 heavy (non-hydrogen) atoms. The quantitative estimate of drug-likeness (QED) is 0.847. The van der Waals surface area contributed by atoms with Crippen LogP contribution in [-0.4, -0.2) is 26.4 Å². The van der Waals surface area contributed by atoms with Crippen LogP contribution in [-0.2, 0) is 0 Å². The standard InChI is InChI=1S/C17H19NO3S/c1-11-14(20-2)9-12(10-15(11)21-3)17(19)18-13-7-5-6-8-16(13)22-4/h5-10H,1-4H3,(H,18,19). The van der Waals surface area contributed by atoms with Gasteiger partial charge in [0.2, 0.25) is 0 Å². The van der Waals surface area contributed by atoms with Crippen molar-refractivity contribution in [2.75, 3.05) is 25.8 Å². The minimum atomic E-state index is -0.196. The summed E-state index contributed by atoms with van der Waals surface area (Å²) < 4.78 is 10.6. The number of para-hydroxylation sites is 1. The molecule has 0 fully saturated rings. The normalized spacial score (nSPS) is 10.2. The van der Waals surface area contributed by atoms with Gasteiger partial charge in [-0.3, -0.25) is 4.79 Å². The van der Waals surface area contributed by atoms with Crippen LogP contribution in [0.5, 0.6) is 11.5 Å². The van der Waals surface area contributed by atoms with Crippen molar-refractivity contribution in [1.29, 1.82) is 0 Å². The van der Waals surface area contributed by atoms with Crippen molar-refractivity contribution < 1.29 is 14.3 Å². The largest absolute Gasteiger partial charge is 0.496 e. The Balaban J connectivity index is 2.33. The summed E-state index contributed by atoms with van der Waals surface area (Å²) in [4.78, 5) is 13.5. The number of hydrogen-bond donors (Lipinski definition) is 1. The molecule has 0 unspecified atom stereocenters. The summed E-state index contributed by atoms with van der Waals surface area (Å²) in [5.74, 6) is 1.06. The van der Waals surface area contributed by atoms with E-state index in [1.807, 2.05) is 37.4 Å². The molecule has 2 rings (SSSR count). The van der Waals surface area contributed by atoms with E-state index >= 15 is 0 Å². The molecule has 0 aliphatic heterocycles. The number of benzene rings is 2. The minimum Gasteiger partial charge on any atom is -0.496 e. The lowest BCUT2D eigenvalue weighted by Gasteiger charge is -2.13. The molecule has 1 N–H and O–H groups in total. The highest BCUT2D eigenvalue weighted by Gasteiger charge is 2.14. The number of rotatable bonds is 5. The summed E-state index contributed by atoms with van der Waals surface area (Å²) in [5.41, 5.74) is 2.15. The fraction of sp³-hybridized carbons (Fsp3) is 0.235. The molecule has 116 valence electrons. The first-order valence-corrected chi connectivity index (χ1v) is 8.00. The van der Waals surface area contributed by atoms with Crippen LogP contribution in [0.2, 0.25) is 0 Å². The highest BCUT2D eigenvalue weighted by Crippen LogP contribution is 2.30. The number of methoxy groups -OCH3 is 2. The molecule has 0 atom stereocenters. The Morgan fingerprint density at radius 2 is 1.68 bits per heavy atom. The average molecular weight is 317 g/mol. The van der Waals surface area contributed by atoms with E-state index in [-0.39, 0.29) is 5.91 Å². The van der Waals surface area contributed by atoms with Crippen molar-refractivity contribution in [1.82, 2.24) is 0 Å². The highest BCUT2D eigenvalue weighted by atomic mass is 32.2. The molecule has 2 aromatic rings. The second-order valence-corrected chi connectivity index (χ2v) is 5.51. The maximum Gasteiger partial charge on any atom is 0.255 e. The molecule has 5 heteroatoms. The second-order valence-electron chi connectivity index (χ2n) is 4.66. The van der Waals surface area contributed by atoms with E-state index in [4.69, 9.17) is 9.47 Å². The van der Waals surface area contributed by atoms with Gasteiger partial charge in [0, 0.05) is 16.0 Å². The third-order valence-electron chi connectivity index (χ3n) is 3.37. The SMILES string of the molecule is COc1cc(C(=O)Nc2ccccc2SC)cc(OC)c1C. The summed E-state index contributed by atoms with van der Waals surface area (Å²) >= 11 is 1.59. The monoisotopic (exact) mass is 317 g/mol. The Hall–Kier alpha value is -2.14. The zero-order valence-electron chi connectivity index (χ0n) is 13.1. The van der Waals surface area contributed by atoms with Crippen molar-refractivity contribution in [3.8, 4) is 11.5 Å². The van der Waals surface area contributed by atoms with Crippen molar-refractivity contribution in [2.24, 2.45) is 0 Å². The van der Waals surface area contributed by atoms with Gasteiger partial charge >= 0.3 is 0 Å². The number of carbonyl (C=O) groups excluding carboxylic acids is 1. The Morgan fingerprint density at radius 1 is 1.09 bits per heavy atom. The summed E-state index contributed by atoms with van der Waals surface area (Å²) in [6, 6.07) is 11.1. The first-order valence-electron chi connectivity index (χ1n) is 6.77. The van der Waals surface area contributed by atoms with Crippen LogP contribution in [0, 0.1) is 6.92 Å². The zero-order valence-corrected chi connectivity index (χ0v) is 13.9. The highest BCUT2D eigenvalue weighted by molar-refractivity contribution is 7.98. The van der Waals surface area contributed by atoms with E-state index in [1.165, 1.54) is 0 Å². The minimum absolute atomic E-state index is 0.196. The fourth-order valence-electron chi connectivity index (χ4n) is 2.16. The average Bonchev–Trinajstić information content (AvgIpc) is 2.55. The lowest BCUT2D eigenvalue weighted by molar-refractivity contribution is 0.102. The van der Waals surface area contributed by atoms with Gasteiger partial charge in [-0.2, -0.15) is 0 Å². The molecule has 0 spiro atoms. The second kappa shape index (κ2) is 7.22. The molecular weight excluding hydrogens is 298 g/mol. The molecule has 4 nitrogen and oxygen atoms in total. The number of nitrogens with one attached hydrogen (secondary N) is 1. The Bertz CT molecular complexity index is 660. The van der Waals surface area contributed by atoms with E-state index in [0.29, 0.717) is 17.1 Å². The smallest absolute Gasteiger partial charge is 0.255 e. The number of thioether (sulfide) groups is 1. The molecule has 0 heterocycles. The Morgan fingerprint density at radius 3 is 2.23 bits per heavy atom. The van der Waals surface area contributed by atoms with E-state index < -0.39 is 0 Å². The van der Waals surface area contributed by atoms with Crippen LogP contribution in [0.15, 0.2) is 41.3 Å². The molecule has 0 aliphatic rings. The van der Waals surface area contributed by atoms with E-state index in [9.17, 15) is 4.79 Å². The van der Waals surface area contributed by atoms with Gasteiger partial charge in [0.05, 0.1) is 19.9 Å². The molecule has 0 saturated heterocycles. The summed E-state index contributed by atoms with van der Waals surface area (Å²) in [6.07, 6.45) is 1.98. The zero-order chi connectivity index (χ0) is 16.1. The topological polar surface area (TPSA) is 47.6 Å². The van der Waals surface area contributed by atoms with Crippen LogP contribution < -0.4 is 14.8 Å². The third kappa shape index (κ3) is 3.36. The van der Waals surface area contributed by atoms with E-state index in [2.05, 4.69) is 5.32 Å². The van der Waals surface area contributed by atoms with Gasteiger partial charge in [-0.1, -0.05) is 12.1 Å². The molecule has 0 aliphatic carbocycles. The lowest BCUT2D eigenvalue weighted by Crippen LogP contribution is -2.13. The first kappa shape index (κ1) is 16.2. The number of ether oxygens (including phenoxy) is 2. The van der Waals surface area contributed by atoms with Gasteiger partial charge in [0.1, 0.15) is 11.5 Å². The predicted molar refractivity (Wildman–Crippen MR) is 90.5 cm³/mol. The molecule has 0 radical (unpaired) electrons. The molecule has 0 bridgehead atoms. The summed E-state index contributed by atoms with van der Waals surface area (Å²) in [6.45, 7) is 1.89. The van der Waals surface area contributed by atoms with Crippen LogP contribution in [0.4, 0.5) is 5.69 Å². The predicted octanol–water partition coefficient (Wildman–Crippen LogP) is 3.99. The van der Waals surface area contributed by atoms with Gasteiger partial charge < -0.3 is 14.8 Å². The number of amides is 1. The van der Waals surface area contributed by atoms with Crippen molar-refractivity contribution in [2.45, 2.75) is 11.8 Å². The van der Waals surface area contributed by atoms with Gasteiger partial charge in [-0.25, -0.2) is 0 Å². The molecule has 2 aromatic carbocycles. The van der Waals surface area contributed by atoms with E-state index in [0.717, 1.165) is 16.1 Å². The van der Waals surface area contributed by atoms with Gasteiger partial charge in [-0.05, 0) is 37.4 Å². The molecule has 0 saturated carbocycles. The van der Waals surface area contributed by atoms with Crippen molar-refractivity contribution >= 4 is 23.4 Å².